The van der Waals surface area contributed by atoms with Crippen molar-refractivity contribution in [2.24, 2.45) is 0 Å². The highest BCUT2D eigenvalue weighted by Gasteiger charge is 2.26. The Labute approximate surface area is 171 Å². The molecule has 4 rings (SSSR count). The van der Waals surface area contributed by atoms with Gasteiger partial charge in [-0.3, -0.25) is 0 Å². The summed E-state index contributed by atoms with van der Waals surface area (Å²) in [6, 6.07) is 21.1. The molecule has 26 heavy (non-hydrogen) atoms. The minimum Gasteiger partial charge on any atom is -0.453 e. The van der Waals surface area contributed by atoms with Crippen molar-refractivity contribution in [1.82, 2.24) is 0 Å². The van der Waals surface area contributed by atoms with Crippen molar-refractivity contribution in [2.75, 3.05) is 4.90 Å². The molecule has 0 aromatic heterocycles. The highest BCUT2D eigenvalue weighted by atomic mass is 79.9. The maximum absolute atomic E-state index is 6.17. The monoisotopic (exact) mass is 471 g/mol. The molecule has 0 N–H and O–H groups in total. The smallest absolute Gasteiger partial charge is 0.152 e. The first-order valence-corrected chi connectivity index (χ1v) is 10.1. The number of nitrogens with zero attached hydrogens (tertiary/aromatic N) is 1. The molecule has 0 bridgehead atoms. The third kappa shape index (κ3) is 3.17. The Balaban J connectivity index is 1.88. The molecule has 132 valence electrons. The van der Waals surface area contributed by atoms with E-state index in [2.05, 4.69) is 93.9 Å². The van der Waals surface area contributed by atoms with E-state index in [0.29, 0.717) is 0 Å². The second-order valence-corrected chi connectivity index (χ2v) is 9.29. The summed E-state index contributed by atoms with van der Waals surface area (Å²) in [5.74, 6) is 1.68. The average Bonchev–Trinajstić information content (AvgIpc) is 2.59. The van der Waals surface area contributed by atoms with Crippen LogP contribution >= 0.6 is 31.9 Å². The molecule has 1 aliphatic heterocycles. The van der Waals surface area contributed by atoms with Crippen LogP contribution < -0.4 is 9.64 Å². The zero-order valence-electron chi connectivity index (χ0n) is 14.9. The van der Waals surface area contributed by atoms with Crippen LogP contribution in [-0.4, -0.2) is 0 Å². The van der Waals surface area contributed by atoms with Gasteiger partial charge in [0.15, 0.2) is 11.5 Å². The standard InChI is InChI=1S/C22H19Br2NO/c1-22(2,3)14-4-8-17(9-5-14)25-18-10-6-15(23)12-20(18)26-21-13-16(24)7-11-19(21)25/h4-13H,1-3H3. The number of benzene rings is 3. The van der Waals surface area contributed by atoms with E-state index < -0.39 is 0 Å². The van der Waals surface area contributed by atoms with Crippen molar-refractivity contribution in [3.8, 4) is 11.5 Å². The fourth-order valence-corrected chi connectivity index (χ4v) is 3.83. The van der Waals surface area contributed by atoms with E-state index >= 15 is 0 Å². The van der Waals surface area contributed by atoms with Crippen LogP contribution in [0.1, 0.15) is 26.3 Å². The highest BCUT2D eigenvalue weighted by molar-refractivity contribution is 9.10. The number of halogens is 2. The van der Waals surface area contributed by atoms with Gasteiger partial charge in [0.2, 0.25) is 0 Å². The SMILES string of the molecule is CC(C)(C)c1ccc(N2c3ccc(Br)cc3Oc3cc(Br)ccc32)cc1. The van der Waals surface area contributed by atoms with Crippen LogP contribution in [0.5, 0.6) is 11.5 Å². The lowest BCUT2D eigenvalue weighted by molar-refractivity contribution is 0.476. The lowest BCUT2D eigenvalue weighted by atomic mass is 9.87. The van der Waals surface area contributed by atoms with Gasteiger partial charge in [0.05, 0.1) is 11.4 Å². The highest BCUT2D eigenvalue weighted by Crippen LogP contribution is 2.51. The minimum atomic E-state index is 0.134. The second-order valence-electron chi connectivity index (χ2n) is 7.46. The Hall–Kier alpha value is -1.78. The van der Waals surface area contributed by atoms with Gasteiger partial charge in [0.25, 0.3) is 0 Å². The Bertz CT molecular complexity index is 923. The van der Waals surface area contributed by atoms with Crippen LogP contribution in [0.3, 0.4) is 0 Å². The minimum absolute atomic E-state index is 0.134. The molecule has 0 amide bonds. The van der Waals surface area contributed by atoms with Crippen molar-refractivity contribution in [2.45, 2.75) is 26.2 Å². The Morgan fingerprint density at radius 1 is 0.731 bits per heavy atom. The fraction of sp³-hybridized carbons (Fsp3) is 0.182. The Morgan fingerprint density at radius 2 is 1.23 bits per heavy atom. The Morgan fingerprint density at radius 3 is 1.69 bits per heavy atom. The quantitative estimate of drug-likeness (QED) is 0.277. The van der Waals surface area contributed by atoms with Gasteiger partial charge in [-0.15, -0.1) is 0 Å². The maximum atomic E-state index is 6.17. The van der Waals surface area contributed by atoms with Crippen molar-refractivity contribution >= 4 is 48.9 Å². The van der Waals surface area contributed by atoms with Gasteiger partial charge < -0.3 is 9.64 Å². The summed E-state index contributed by atoms with van der Waals surface area (Å²) in [6.07, 6.45) is 0. The number of rotatable bonds is 1. The molecule has 1 heterocycles. The zero-order valence-corrected chi connectivity index (χ0v) is 18.1. The van der Waals surface area contributed by atoms with Gasteiger partial charge in [-0.05, 0) is 59.5 Å². The first kappa shape index (κ1) is 17.6. The van der Waals surface area contributed by atoms with Crippen LogP contribution in [0.15, 0.2) is 69.6 Å². The topological polar surface area (TPSA) is 12.5 Å². The summed E-state index contributed by atoms with van der Waals surface area (Å²) in [7, 11) is 0. The van der Waals surface area contributed by atoms with Crippen molar-refractivity contribution in [3.63, 3.8) is 0 Å². The summed E-state index contributed by atoms with van der Waals surface area (Å²) in [6.45, 7) is 6.70. The lowest BCUT2D eigenvalue weighted by Crippen LogP contribution is -2.16. The van der Waals surface area contributed by atoms with Gasteiger partial charge >= 0.3 is 0 Å². The molecule has 0 saturated heterocycles. The molecule has 0 atom stereocenters. The molecular formula is C22H19Br2NO. The van der Waals surface area contributed by atoms with Crippen LogP contribution in [0, 0.1) is 0 Å². The normalized spacial score (nSPS) is 13.0. The molecule has 0 unspecified atom stereocenters. The third-order valence-electron chi connectivity index (χ3n) is 4.54. The van der Waals surface area contributed by atoms with Crippen molar-refractivity contribution in [1.29, 1.82) is 0 Å². The molecule has 4 heteroatoms. The summed E-state index contributed by atoms with van der Waals surface area (Å²) in [5.41, 5.74) is 4.64. The molecular weight excluding hydrogens is 454 g/mol. The predicted molar refractivity (Wildman–Crippen MR) is 115 cm³/mol. The molecule has 0 saturated carbocycles. The van der Waals surface area contributed by atoms with E-state index in [4.69, 9.17) is 4.74 Å². The molecule has 0 aliphatic carbocycles. The predicted octanol–water partition coefficient (Wildman–Crippen LogP) is 8.08. The van der Waals surface area contributed by atoms with Crippen LogP contribution in [0.4, 0.5) is 17.1 Å². The maximum Gasteiger partial charge on any atom is 0.152 e. The van der Waals surface area contributed by atoms with E-state index in [1.54, 1.807) is 0 Å². The fourth-order valence-electron chi connectivity index (χ4n) is 3.15. The number of hydrogen-bond donors (Lipinski definition) is 0. The van der Waals surface area contributed by atoms with Gasteiger partial charge in [-0.1, -0.05) is 64.8 Å². The molecule has 3 aromatic rings. The van der Waals surface area contributed by atoms with Crippen molar-refractivity contribution in [3.05, 3.63) is 75.2 Å². The molecule has 3 aromatic carbocycles. The van der Waals surface area contributed by atoms with Gasteiger partial charge in [-0.25, -0.2) is 0 Å². The molecule has 0 radical (unpaired) electrons. The molecule has 0 fully saturated rings. The van der Waals surface area contributed by atoms with E-state index in [1.165, 1.54) is 5.56 Å². The first-order valence-electron chi connectivity index (χ1n) is 8.50. The van der Waals surface area contributed by atoms with Crippen LogP contribution in [-0.2, 0) is 5.41 Å². The van der Waals surface area contributed by atoms with Gasteiger partial charge in [-0.2, -0.15) is 0 Å². The number of hydrogen-bond acceptors (Lipinski definition) is 2. The summed E-state index contributed by atoms with van der Waals surface area (Å²) < 4.78 is 8.16. The number of anilines is 3. The van der Waals surface area contributed by atoms with E-state index in [1.807, 2.05) is 24.3 Å². The second kappa shape index (κ2) is 6.43. The van der Waals surface area contributed by atoms with E-state index in [9.17, 15) is 0 Å². The molecule has 0 spiro atoms. The lowest BCUT2D eigenvalue weighted by Gasteiger charge is -2.33. The Kier molecular flexibility index (Phi) is 4.36. The number of ether oxygens (including phenoxy) is 1. The van der Waals surface area contributed by atoms with Crippen LogP contribution in [0.25, 0.3) is 0 Å². The summed E-state index contributed by atoms with van der Waals surface area (Å²) in [5, 5.41) is 0. The number of fused-ring (bicyclic) bond motifs is 2. The van der Waals surface area contributed by atoms with Crippen LogP contribution in [0.2, 0.25) is 0 Å². The zero-order chi connectivity index (χ0) is 18.5. The molecule has 1 aliphatic rings. The van der Waals surface area contributed by atoms with Gasteiger partial charge in [0.1, 0.15) is 0 Å². The molecule has 2 nitrogen and oxygen atoms in total. The van der Waals surface area contributed by atoms with Crippen molar-refractivity contribution < 1.29 is 4.74 Å². The third-order valence-corrected chi connectivity index (χ3v) is 5.52. The largest absolute Gasteiger partial charge is 0.453 e. The average molecular weight is 473 g/mol. The van der Waals surface area contributed by atoms with Gasteiger partial charge in [0, 0.05) is 14.6 Å². The van der Waals surface area contributed by atoms with E-state index in [0.717, 1.165) is 37.5 Å². The summed E-state index contributed by atoms with van der Waals surface area (Å²) in [4.78, 5) is 2.25. The summed E-state index contributed by atoms with van der Waals surface area (Å²) >= 11 is 7.09. The first-order chi connectivity index (χ1) is 12.3. The van der Waals surface area contributed by atoms with E-state index in [-0.39, 0.29) is 5.41 Å².